The van der Waals surface area contributed by atoms with Crippen LogP contribution in [0.1, 0.15) is 13.8 Å². The van der Waals surface area contributed by atoms with E-state index < -0.39 is 0 Å². The first kappa shape index (κ1) is 12.7. The lowest BCUT2D eigenvalue weighted by Crippen LogP contribution is -2.32. The molecule has 0 aliphatic rings. The molecular weight excluding hydrogens is 204 g/mol. The second-order valence-corrected chi connectivity index (χ2v) is 3.78. The monoisotopic (exact) mass is 224 g/mol. The van der Waals surface area contributed by atoms with Crippen molar-refractivity contribution in [1.82, 2.24) is 9.97 Å². The second-order valence-electron chi connectivity index (χ2n) is 3.78. The van der Waals surface area contributed by atoms with Gasteiger partial charge in [-0.3, -0.25) is 0 Å². The third-order valence-electron chi connectivity index (χ3n) is 2.43. The summed E-state index contributed by atoms with van der Waals surface area (Å²) in [4.78, 5) is 10.6. The highest BCUT2D eigenvalue weighted by Gasteiger charge is 2.11. The Morgan fingerprint density at radius 1 is 1.56 bits per heavy atom. The molecule has 0 saturated heterocycles. The molecule has 1 heterocycles. The highest BCUT2D eigenvalue weighted by atomic mass is 16.5. The number of ether oxygens (including phenoxy) is 1. The standard InChI is InChI=1S/C11H20N4O/c1-4-15(8-9(2)7-12)11-13-6-5-10(14-11)16-3/h5-6,9H,4,7-8,12H2,1-3H3. The highest BCUT2D eigenvalue weighted by Crippen LogP contribution is 2.13. The minimum absolute atomic E-state index is 0.426. The molecule has 5 nitrogen and oxygen atoms in total. The topological polar surface area (TPSA) is 64.3 Å². The van der Waals surface area contributed by atoms with Crippen LogP contribution >= 0.6 is 0 Å². The molecule has 2 N–H and O–H groups in total. The molecule has 1 rings (SSSR count). The van der Waals surface area contributed by atoms with E-state index in [1.807, 2.05) is 0 Å². The second kappa shape index (κ2) is 6.27. The molecule has 1 aromatic rings. The Morgan fingerprint density at radius 2 is 2.31 bits per heavy atom. The van der Waals surface area contributed by atoms with Crippen molar-refractivity contribution >= 4 is 5.95 Å². The fourth-order valence-corrected chi connectivity index (χ4v) is 1.40. The Balaban J connectivity index is 2.77. The van der Waals surface area contributed by atoms with Gasteiger partial charge >= 0.3 is 0 Å². The molecule has 5 heteroatoms. The normalized spacial score (nSPS) is 12.2. The third kappa shape index (κ3) is 3.34. The molecule has 0 amide bonds. The number of methoxy groups -OCH3 is 1. The van der Waals surface area contributed by atoms with Gasteiger partial charge in [0.05, 0.1) is 7.11 Å². The van der Waals surface area contributed by atoms with Crippen LogP contribution in [0.2, 0.25) is 0 Å². The van der Waals surface area contributed by atoms with E-state index in [0.29, 0.717) is 24.3 Å². The van der Waals surface area contributed by atoms with E-state index in [9.17, 15) is 0 Å². The van der Waals surface area contributed by atoms with Crippen LogP contribution in [0, 0.1) is 5.92 Å². The first-order valence-corrected chi connectivity index (χ1v) is 5.53. The van der Waals surface area contributed by atoms with E-state index in [4.69, 9.17) is 10.5 Å². The van der Waals surface area contributed by atoms with Gasteiger partial charge in [-0.2, -0.15) is 4.98 Å². The SMILES string of the molecule is CCN(CC(C)CN)c1nccc(OC)n1. The summed E-state index contributed by atoms with van der Waals surface area (Å²) in [6.07, 6.45) is 1.71. The summed E-state index contributed by atoms with van der Waals surface area (Å²) in [5.74, 6) is 1.71. The van der Waals surface area contributed by atoms with E-state index in [1.165, 1.54) is 0 Å². The lowest BCUT2D eigenvalue weighted by Gasteiger charge is -2.23. The van der Waals surface area contributed by atoms with Gasteiger partial charge in [0.15, 0.2) is 0 Å². The molecule has 16 heavy (non-hydrogen) atoms. The predicted molar refractivity (Wildman–Crippen MR) is 64.7 cm³/mol. The van der Waals surface area contributed by atoms with E-state index in [2.05, 4.69) is 28.7 Å². The van der Waals surface area contributed by atoms with Gasteiger partial charge in [-0.25, -0.2) is 4.98 Å². The van der Waals surface area contributed by atoms with Gasteiger partial charge < -0.3 is 15.4 Å². The molecule has 0 saturated carbocycles. The molecular formula is C11H20N4O. The first-order valence-electron chi connectivity index (χ1n) is 5.53. The Labute approximate surface area is 96.6 Å². The predicted octanol–water partition coefficient (Wildman–Crippen LogP) is 0.906. The Hall–Kier alpha value is -1.36. The largest absolute Gasteiger partial charge is 0.481 e. The molecule has 0 radical (unpaired) electrons. The maximum absolute atomic E-state index is 5.62. The van der Waals surface area contributed by atoms with Gasteiger partial charge in [0, 0.05) is 25.4 Å². The molecule has 1 atom stereocenters. The van der Waals surface area contributed by atoms with Gasteiger partial charge in [-0.1, -0.05) is 6.92 Å². The van der Waals surface area contributed by atoms with E-state index in [0.717, 1.165) is 13.1 Å². The van der Waals surface area contributed by atoms with Gasteiger partial charge in [0.1, 0.15) is 0 Å². The van der Waals surface area contributed by atoms with Crippen LogP contribution in [-0.2, 0) is 0 Å². The zero-order valence-corrected chi connectivity index (χ0v) is 10.2. The van der Waals surface area contributed by atoms with Crippen molar-refractivity contribution < 1.29 is 4.74 Å². The average molecular weight is 224 g/mol. The number of anilines is 1. The number of nitrogens with zero attached hydrogens (tertiary/aromatic N) is 3. The van der Waals surface area contributed by atoms with Crippen molar-refractivity contribution in [3.05, 3.63) is 12.3 Å². The number of hydrogen-bond donors (Lipinski definition) is 1. The summed E-state index contributed by atoms with van der Waals surface area (Å²) in [6.45, 7) is 6.58. The first-order chi connectivity index (χ1) is 7.71. The number of nitrogens with two attached hydrogens (primary N) is 1. The van der Waals surface area contributed by atoms with Gasteiger partial charge in [-0.05, 0) is 19.4 Å². The van der Waals surface area contributed by atoms with Crippen LogP contribution in [0.3, 0.4) is 0 Å². The summed E-state index contributed by atoms with van der Waals surface area (Å²) in [7, 11) is 1.60. The number of aromatic nitrogens is 2. The summed E-state index contributed by atoms with van der Waals surface area (Å²) in [6, 6.07) is 1.74. The van der Waals surface area contributed by atoms with Crippen LogP contribution in [0.15, 0.2) is 12.3 Å². The van der Waals surface area contributed by atoms with Crippen molar-refractivity contribution in [2.24, 2.45) is 11.7 Å². The van der Waals surface area contributed by atoms with Crippen LogP contribution in [0.25, 0.3) is 0 Å². The molecule has 1 unspecified atom stereocenters. The van der Waals surface area contributed by atoms with Crippen LogP contribution in [-0.4, -0.2) is 36.7 Å². The zero-order chi connectivity index (χ0) is 12.0. The molecule has 0 fully saturated rings. The number of hydrogen-bond acceptors (Lipinski definition) is 5. The van der Waals surface area contributed by atoms with Crippen molar-refractivity contribution in [2.45, 2.75) is 13.8 Å². The molecule has 0 aromatic carbocycles. The fourth-order valence-electron chi connectivity index (χ4n) is 1.40. The quantitative estimate of drug-likeness (QED) is 0.778. The Bertz CT molecular complexity index is 319. The lowest BCUT2D eigenvalue weighted by atomic mass is 10.2. The molecule has 0 spiro atoms. The van der Waals surface area contributed by atoms with Crippen molar-refractivity contribution in [3.8, 4) is 5.88 Å². The molecule has 90 valence electrons. The van der Waals surface area contributed by atoms with Crippen LogP contribution < -0.4 is 15.4 Å². The summed E-state index contributed by atoms with van der Waals surface area (Å²) < 4.78 is 5.08. The van der Waals surface area contributed by atoms with Gasteiger partial charge in [-0.15, -0.1) is 0 Å². The van der Waals surface area contributed by atoms with Gasteiger partial charge in [0.25, 0.3) is 0 Å². The Kier molecular flexibility index (Phi) is 4.98. The molecule has 0 bridgehead atoms. The van der Waals surface area contributed by atoms with Crippen molar-refractivity contribution in [1.29, 1.82) is 0 Å². The average Bonchev–Trinajstić information content (AvgIpc) is 2.35. The molecule has 0 aliphatic carbocycles. The van der Waals surface area contributed by atoms with E-state index in [1.54, 1.807) is 19.4 Å². The summed E-state index contributed by atoms with van der Waals surface area (Å²) in [5.41, 5.74) is 5.62. The van der Waals surface area contributed by atoms with E-state index in [-0.39, 0.29) is 0 Å². The minimum atomic E-state index is 0.426. The van der Waals surface area contributed by atoms with Crippen molar-refractivity contribution in [3.63, 3.8) is 0 Å². The summed E-state index contributed by atoms with van der Waals surface area (Å²) in [5, 5.41) is 0. The van der Waals surface area contributed by atoms with Crippen LogP contribution in [0.4, 0.5) is 5.95 Å². The molecule has 1 aromatic heterocycles. The minimum Gasteiger partial charge on any atom is -0.481 e. The van der Waals surface area contributed by atoms with Crippen LogP contribution in [0.5, 0.6) is 5.88 Å². The maximum Gasteiger partial charge on any atom is 0.228 e. The van der Waals surface area contributed by atoms with Crippen molar-refractivity contribution in [2.75, 3.05) is 31.6 Å². The summed E-state index contributed by atoms with van der Waals surface area (Å²) >= 11 is 0. The van der Waals surface area contributed by atoms with E-state index >= 15 is 0 Å². The Morgan fingerprint density at radius 3 is 2.88 bits per heavy atom. The lowest BCUT2D eigenvalue weighted by molar-refractivity contribution is 0.396. The third-order valence-corrected chi connectivity index (χ3v) is 2.43. The fraction of sp³-hybridized carbons (Fsp3) is 0.636. The highest BCUT2D eigenvalue weighted by molar-refractivity contribution is 5.31. The maximum atomic E-state index is 5.62. The molecule has 0 aliphatic heterocycles. The zero-order valence-electron chi connectivity index (χ0n) is 10.2. The smallest absolute Gasteiger partial charge is 0.228 e. The number of rotatable bonds is 6. The van der Waals surface area contributed by atoms with Gasteiger partial charge in [0.2, 0.25) is 11.8 Å².